The molecule has 48 heavy (non-hydrogen) atoms. The molecule has 1 aromatic heterocycles. The van der Waals surface area contributed by atoms with Gasteiger partial charge in [-0.05, 0) is 50.4 Å². The van der Waals surface area contributed by atoms with Crippen molar-refractivity contribution in [2.75, 3.05) is 53.0 Å². The summed E-state index contributed by atoms with van der Waals surface area (Å²) in [6.07, 6.45) is 4.97. The first-order valence-corrected chi connectivity index (χ1v) is 17.0. The van der Waals surface area contributed by atoms with Crippen LogP contribution in [0.15, 0.2) is 48.5 Å². The molecule has 2 aliphatic rings. The molecule has 3 amide bonds. The van der Waals surface area contributed by atoms with Gasteiger partial charge < -0.3 is 34.5 Å². The van der Waals surface area contributed by atoms with E-state index in [0.29, 0.717) is 62.6 Å². The second-order valence-electron chi connectivity index (χ2n) is 12.7. The summed E-state index contributed by atoms with van der Waals surface area (Å²) >= 11 is 0. The molecule has 5 rings (SSSR count). The minimum atomic E-state index is -0.994. The Kier molecular flexibility index (Phi) is 12.5. The molecule has 12 heteroatoms. The van der Waals surface area contributed by atoms with E-state index in [1.807, 2.05) is 30.3 Å². The Morgan fingerprint density at radius 1 is 0.875 bits per heavy atom. The van der Waals surface area contributed by atoms with Crippen molar-refractivity contribution in [3.63, 3.8) is 0 Å². The second kappa shape index (κ2) is 17.0. The molecule has 1 saturated carbocycles. The molecule has 2 fully saturated rings. The highest BCUT2D eigenvalue weighted by Gasteiger charge is 2.36. The highest BCUT2D eigenvalue weighted by Crippen LogP contribution is 2.28. The number of aromatic nitrogens is 1. The molecule has 2 heterocycles. The van der Waals surface area contributed by atoms with Crippen molar-refractivity contribution >= 4 is 28.6 Å². The third kappa shape index (κ3) is 8.77. The van der Waals surface area contributed by atoms with E-state index in [1.54, 1.807) is 34.4 Å². The first-order chi connectivity index (χ1) is 23.3. The first-order valence-electron chi connectivity index (χ1n) is 17.0. The van der Waals surface area contributed by atoms with Crippen LogP contribution in [-0.2, 0) is 32.2 Å². The third-order valence-corrected chi connectivity index (χ3v) is 9.50. The zero-order valence-electron chi connectivity index (χ0n) is 27.9. The number of amides is 3. The Morgan fingerprint density at radius 2 is 1.54 bits per heavy atom. The maximum absolute atomic E-state index is 14.3. The van der Waals surface area contributed by atoms with Gasteiger partial charge in [-0.15, -0.1) is 0 Å². The van der Waals surface area contributed by atoms with Crippen LogP contribution >= 0.6 is 0 Å². The largest absolute Gasteiger partial charge is 0.377 e. The number of fused-ring (bicyclic) bond motifs is 1. The van der Waals surface area contributed by atoms with Crippen molar-refractivity contribution in [3.05, 3.63) is 71.4 Å². The van der Waals surface area contributed by atoms with E-state index >= 15 is 0 Å². The highest BCUT2D eigenvalue weighted by molar-refractivity contribution is 5.99. The fourth-order valence-electron chi connectivity index (χ4n) is 6.56. The minimum Gasteiger partial charge on any atom is -0.377 e. The zero-order valence-corrected chi connectivity index (χ0v) is 27.9. The smallest absolute Gasteiger partial charge is 0.270 e. The van der Waals surface area contributed by atoms with Gasteiger partial charge in [0.1, 0.15) is 11.7 Å². The lowest BCUT2D eigenvalue weighted by atomic mass is 9.83. The Balaban J connectivity index is 1.21. The summed E-state index contributed by atoms with van der Waals surface area (Å²) in [7, 11) is 1.71. The summed E-state index contributed by atoms with van der Waals surface area (Å²) in [6.45, 7) is 4.67. The van der Waals surface area contributed by atoms with Crippen LogP contribution in [0.4, 0.5) is 8.78 Å². The van der Waals surface area contributed by atoms with Gasteiger partial charge in [-0.2, -0.15) is 0 Å². The van der Waals surface area contributed by atoms with Gasteiger partial charge in [0.05, 0.1) is 38.0 Å². The molecule has 2 atom stereocenters. The standard InChI is InChI=1S/C36H47F2N5O5/c1-25(39-2)34(44)40-33(27-11-7-4-8-12-27)36(46)42-15-13-41(14-16-42)35(45)32-22-28-21-29(37)30(38)23-31(28)43(32)17-18-47-19-20-48-24-26-9-5-3-6-10-26/h3,5-6,9-10,21-23,25,27,33,39H,4,7-8,11-20,24H2,1-2H3,(H,40,44)/t25-,33-/m0/s1. The molecule has 0 spiro atoms. The van der Waals surface area contributed by atoms with Gasteiger partial charge in [0.25, 0.3) is 5.91 Å². The van der Waals surface area contributed by atoms with Crippen molar-refractivity contribution in [3.8, 4) is 0 Å². The van der Waals surface area contributed by atoms with Gasteiger partial charge in [0, 0.05) is 44.2 Å². The van der Waals surface area contributed by atoms with Crippen LogP contribution in [0.3, 0.4) is 0 Å². The Labute approximate surface area is 280 Å². The van der Waals surface area contributed by atoms with E-state index < -0.39 is 23.7 Å². The molecule has 2 N–H and O–H groups in total. The van der Waals surface area contributed by atoms with Gasteiger partial charge in [0.2, 0.25) is 11.8 Å². The van der Waals surface area contributed by atoms with Crippen molar-refractivity contribution in [1.29, 1.82) is 0 Å². The summed E-state index contributed by atoms with van der Waals surface area (Å²) in [5.74, 6) is -2.51. The number of nitrogens with zero attached hydrogens (tertiary/aromatic N) is 3. The molecule has 0 radical (unpaired) electrons. The van der Waals surface area contributed by atoms with Gasteiger partial charge in [-0.25, -0.2) is 8.78 Å². The molecular formula is C36H47F2N5O5. The van der Waals surface area contributed by atoms with Crippen LogP contribution < -0.4 is 10.6 Å². The van der Waals surface area contributed by atoms with E-state index in [1.165, 1.54) is 0 Å². The topological polar surface area (TPSA) is 105 Å². The highest BCUT2D eigenvalue weighted by atomic mass is 19.2. The lowest BCUT2D eigenvalue weighted by Crippen LogP contribution is -2.59. The number of ether oxygens (including phenoxy) is 2. The average Bonchev–Trinajstić information content (AvgIpc) is 3.46. The molecule has 1 aliphatic carbocycles. The maximum atomic E-state index is 14.3. The number of nitrogens with one attached hydrogen (secondary N) is 2. The zero-order chi connectivity index (χ0) is 34.0. The van der Waals surface area contributed by atoms with Crippen LogP contribution in [0.1, 0.15) is 55.1 Å². The lowest BCUT2D eigenvalue weighted by Gasteiger charge is -2.39. The van der Waals surface area contributed by atoms with E-state index in [9.17, 15) is 23.2 Å². The predicted octanol–water partition coefficient (Wildman–Crippen LogP) is 4.11. The minimum absolute atomic E-state index is 0.0769. The lowest BCUT2D eigenvalue weighted by molar-refractivity contribution is -0.140. The normalized spacial score (nSPS) is 17.0. The Bertz CT molecular complexity index is 1540. The number of hydrogen-bond donors (Lipinski definition) is 2. The number of halogens is 2. The average molecular weight is 668 g/mol. The van der Waals surface area contributed by atoms with Crippen molar-refractivity contribution in [2.45, 2.75) is 64.3 Å². The Hall–Kier alpha value is -3.87. The monoisotopic (exact) mass is 667 g/mol. The number of benzene rings is 2. The van der Waals surface area contributed by atoms with Crippen molar-refractivity contribution < 1.29 is 32.6 Å². The third-order valence-electron chi connectivity index (χ3n) is 9.50. The predicted molar refractivity (Wildman–Crippen MR) is 178 cm³/mol. The number of hydrogen-bond acceptors (Lipinski definition) is 6. The molecular weight excluding hydrogens is 620 g/mol. The number of piperazine rings is 1. The van der Waals surface area contributed by atoms with Gasteiger partial charge in [-0.1, -0.05) is 49.6 Å². The van der Waals surface area contributed by atoms with Crippen LogP contribution in [0.2, 0.25) is 0 Å². The number of carbonyl (C=O) groups is 3. The van der Waals surface area contributed by atoms with Gasteiger partial charge in [0.15, 0.2) is 11.6 Å². The van der Waals surface area contributed by atoms with Crippen LogP contribution in [-0.4, -0.2) is 97.2 Å². The quantitative estimate of drug-likeness (QED) is 0.251. The van der Waals surface area contributed by atoms with Gasteiger partial charge in [-0.3, -0.25) is 14.4 Å². The molecule has 3 aromatic rings. The molecule has 260 valence electrons. The number of likely N-dealkylation sites (N-methyl/N-ethyl adjacent to an activating group) is 1. The molecule has 2 aromatic carbocycles. The fraction of sp³-hybridized carbons (Fsp3) is 0.528. The fourth-order valence-corrected chi connectivity index (χ4v) is 6.56. The second-order valence-corrected chi connectivity index (χ2v) is 12.7. The molecule has 10 nitrogen and oxygen atoms in total. The summed E-state index contributed by atoms with van der Waals surface area (Å²) in [4.78, 5) is 43.9. The van der Waals surface area contributed by atoms with Crippen LogP contribution in [0.25, 0.3) is 10.9 Å². The van der Waals surface area contributed by atoms with Crippen LogP contribution in [0, 0.1) is 17.6 Å². The summed E-state index contributed by atoms with van der Waals surface area (Å²) in [5.41, 5.74) is 1.76. The summed E-state index contributed by atoms with van der Waals surface area (Å²) in [6, 6.07) is 12.6. The Morgan fingerprint density at radius 3 is 2.25 bits per heavy atom. The van der Waals surface area contributed by atoms with Crippen LogP contribution in [0.5, 0.6) is 0 Å². The first kappa shape index (κ1) is 35.4. The number of rotatable bonds is 14. The summed E-state index contributed by atoms with van der Waals surface area (Å²) < 4.78 is 41.6. The van der Waals surface area contributed by atoms with Crippen molar-refractivity contribution in [1.82, 2.24) is 25.0 Å². The molecule has 1 aliphatic heterocycles. The molecule has 1 saturated heterocycles. The van der Waals surface area contributed by atoms with E-state index in [2.05, 4.69) is 10.6 Å². The maximum Gasteiger partial charge on any atom is 0.270 e. The molecule has 0 bridgehead atoms. The molecule has 0 unspecified atom stereocenters. The number of carbonyl (C=O) groups excluding carboxylic acids is 3. The SMILES string of the molecule is CN[C@@H](C)C(=O)N[C@H](C(=O)N1CCN(C(=O)c2cc3cc(F)c(F)cc3n2CCOCCOCc2ccccc2)CC1)C1CCCCC1. The van der Waals surface area contributed by atoms with E-state index in [0.717, 1.165) is 49.8 Å². The van der Waals surface area contributed by atoms with E-state index in [-0.39, 0.29) is 36.8 Å². The van der Waals surface area contributed by atoms with Gasteiger partial charge >= 0.3 is 0 Å². The van der Waals surface area contributed by atoms with E-state index in [4.69, 9.17) is 9.47 Å². The summed E-state index contributed by atoms with van der Waals surface area (Å²) in [5, 5.41) is 6.36. The van der Waals surface area contributed by atoms with Crippen molar-refractivity contribution in [2.24, 2.45) is 5.92 Å².